The zero-order valence-corrected chi connectivity index (χ0v) is 18.4. The topological polar surface area (TPSA) is 121 Å². The summed E-state index contributed by atoms with van der Waals surface area (Å²) in [5, 5.41) is 13.4. The third-order valence-corrected chi connectivity index (χ3v) is 6.92. The van der Waals surface area contributed by atoms with Gasteiger partial charge in [0.2, 0.25) is 0 Å². The van der Waals surface area contributed by atoms with Crippen LogP contribution in [0.3, 0.4) is 0 Å². The number of fused-ring (bicyclic) bond motifs is 1. The van der Waals surface area contributed by atoms with Crippen molar-refractivity contribution in [2.45, 2.75) is 35.4 Å². The fourth-order valence-electron chi connectivity index (χ4n) is 4.00. The lowest BCUT2D eigenvalue weighted by molar-refractivity contribution is -0.116. The number of aromatic nitrogens is 2. The van der Waals surface area contributed by atoms with Crippen LogP contribution in [0.15, 0.2) is 62.0 Å². The molecule has 0 saturated carbocycles. The van der Waals surface area contributed by atoms with Crippen LogP contribution in [0.5, 0.6) is 0 Å². The minimum atomic E-state index is -0.496. The fraction of sp³-hybridized carbons (Fsp3) is 0.190. The molecular weight excluding hydrogens is 457 g/mol. The third-order valence-electron chi connectivity index (χ3n) is 5.39. The van der Waals surface area contributed by atoms with E-state index in [2.05, 4.69) is 15.3 Å². The number of rotatable bonds is 3. The second-order valence-corrected chi connectivity index (χ2v) is 9.12. The number of nitrogens with zero attached hydrogens (tertiary/aromatic N) is 1. The Morgan fingerprint density at radius 1 is 1.26 bits per heavy atom. The van der Waals surface area contributed by atoms with E-state index in [0.717, 1.165) is 24.1 Å². The first-order chi connectivity index (χ1) is 14.9. The van der Waals surface area contributed by atoms with Gasteiger partial charge in [0.1, 0.15) is 11.6 Å². The smallest absolute Gasteiger partial charge is 0.174 e. The number of Topliss-reactive ketones (excluding diaryl/α,β-unsaturated/α-hetero) is 1. The summed E-state index contributed by atoms with van der Waals surface area (Å²) >= 11 is 13.5. The van der Waals surface area contributed by atoms with Crippen molar-refractivity contribution in [1.29, 1.82) is 5.41 Å². The van der Waals surface area contributed by atoms with Crippen molar-refractivity contribution in [2.75, 3.05) is 0 Å². The van der Waals surface area contributed by atoms with Crippen LogP contribution in [0.4, 0.5) is 0 Å². The van der Waals surface area contributed by atoms with Crippen molar-refractivity contribution in [1.82, 2.24) is 15.3 Å². The molecule has 0 fully saturated rings. The molecule has 2 aromatic heterocycles. The van der Waals surface area contributed by atoms with Crippen LogP contribution in [-0.2, 0) is 4.79 Å². The van der Waals surface area contributed by atoms with Crippen LogP contribution < -0.4 is 11.1 Å². The number of halogens is 2. The summed E-state index contributed by atoms with van der Waals surface area (Å²) in [6.07, 6.45) is 3.35. The molecule has 1 atom stereocenters. The molecule has 2 aliphatic rings. The molecule has 31 heavy (non-hydrogen) atoms. The van der Waals surface area contributed by atoms with Gasteiger partial charge < -0.3 is 20.5 Å². The Kier molecular flexibility index (Phi) is 5.08. The molecule has 1 aliphatic heterocycles. The molecule has 0 bridgehead atoms. The molecule has 1 aromatic carbocycles. The average Bonchev–Trinajstić information content (AvgIpc) is 3.34. The van der Waals surface area contributed by atoms with Crippen molar-refractivity contribution < 1.29 is 9.21 Å². The number of allylic oxidation sites excluding steroid dienone is 2. The molecule has 7 nitrogen and oxygen atoms in total. The Bertz CT molecular complexity index is 1270. The molecule has 1 aliphatic carbocycles. The van der Waals surface area contributed by atoms with Crippen LogP contribution in [0.1, 0.15) is 30.9 Å². The number of imidazole rings is 1. The molecule has 5 N–H and O–H groups in total. The Morgan fingerprint density at radius 2 is 2.06 bits per heavy atom. The van der Waals surface area contributed by atoms with Gasteiger partial charge in [0.25, 0.3) is 0 Å². The number of benzene rings is 1. The molecule has 10 heteroatoms. The lowest BCUT2D eigenvalue weighted by Gasteiger charge is -2.32. The van der Waals surface area contributed by atoms with Gasteiger partial charge in [-0.2, -0.15) is 0 Å². The van der Waals surface area contributed by atoms with Crippen molar-refractivity contribution in [3.8, 4) is 0 Å². The van der Waals surface area contributed by atoms with Gasteiger partial charge in [-0.05, 0) is 48.9 Å². The molecule has 1 unspecified atom stereocenters. The monoisotopic (exact) mass is 473 g/mol. The van der Waals surface area contributed by atoms with Gasteiger partial charge in [0.05, 0.1) is 27.0 Å². The Morgan fingerprint density at radius 3 is 2.87 bits per heavy atom. The van der Waals surface area contributed by atoms with Crippen LogP contribution >= 0.6 is 35.0 Å². The summed E-state index contributed by atoms with van der Waals surface area (Å²) in [5.74, 6) is 0.319. The normalized spacial score (nSPS) is 20.5. The zero-order valence-electron chi connectivity index (χ0n) is 16.1. The number of furan rings is 1. The number of aromatic amines is 1. The minimum absolute atomic E-state index is 0.0576. The first-order valence-corrected chi connectivity index (χ1v) is 11.2. The van der Waals surface area contributed by atoms with E-state index in [-0.39, 0.29) is 11.6 Å². The molecule has 0 radical (unpaired) electrons. The Balaban J connectivity index is 1.49. The molecule has 0 amide bonds. The highest BCUT2D eigenvalue weighted by Crippen LogP contribution is 2.42. The minimum Gasteiger partial charge on any atom is -0.453 e. The van der Waals surface area contributed by atoms with Crippen molar-refractivity contribution in [2.24, 2.45) is 5.73 Å². The van der Waals surface area contributed by atoms with Crippen molar-refractivity contribution in [3.63, 3.8) is 0 Å². The molecule has 3 heterocycles. The van der Waals surface area contributed by atoms with Gasteiger partial charge in [-0.3, -0.25) is 10.2 Å². The number of ketones is 1. The predicted molar refractivity (Wildman–Crippen MR) is 121 cm³/mol. The zero-order chi connectivity index (χ0) is 21.7. The van der Waals surface area contributed by atoms with Crippen LogP contribution in [0, 0.1) is 5.41 Å². The molecule has 0 saturated heterocycles. The van der Waals surface area contributed by atoms with Crippen molar-refractivity contribution in [3.05, 3.63) is 63.1 Å². The SMILES string of the molecule is N=C1NC2=C(C(=O)CCC2)C(c2ccc(Sc3nc4cc(Cl)c(Cl)cc4[nH]3)o2)/C1=C/N. The number of hydrogen-bond donors (Lipinski definition) is 4. The number of amidine groups is 1. The fourth-order valence-corrected chi connectivity index (χ4v) is 5.09. The van der Waals surface area contributed by atoms with Gasteiger partial charge >= 0.3 is 0 Å². The molecular formula is C21H17Cl2N5O2S. The van der Waals surface area contributed by atoms with Gasteiger partial charge in [0, 0.05) is 29.5 Å². The lowest BCUT2D eigenvalue weighted by atomic mass is 9.77. The first kappa shape index (κ1) is 20.2. The first-order valence-electron chi connectivity index (χ1n) is 9.61. The number of hydrogen-bond acceptors (Lipinski definition) is 6. The predicted octanol–water partition coefficient (Wildman–Crippen LogP) is 5.13. The lowest BCUT2D eigenvalue weighted by Crippen LogP contribution is -2.38. The van der Waals surface area contributed by atoms with Crippen LogP contribution in [-0.4, -0.2) is 21.6 Å². The third kappa shape index (κ3) is 3.54. The quantitative estimate of drug-likeness (QED) is 0.418. The van der Waals surface area contributed by atoms with Crippen LogP contribution in [0.25, 0.3) is 11.0 Å². The maximum atomic E-state index is 12.7. The highest BCUT2D eigenvalue weighted by atomic mass is 35.5. The number of nitrogens with two attached hydrogens (primary N) is 1. The second kappa shape index (κ2) is 7.78. The largest absolute Gasteiger partial charge is 0.453 e. The summed E-state index contributed by atoms with van der Waals surface area (Å²) < 4.78 is 6.09. The van der Waals surface area contributed by atoms with E-state index in [1.807, 2.05) is 12.1 Å². The second-order valence-electron chi connectivity index (χ2n) is 7.31. The number of H-pyrrole nitrogens is 1. The molecule has 0 spiro atoms. The van der Waals surface area contributed by atoms with E-state index in [1.165, 1.54) is 18.0 Å². The van der Waals surface area contributed by atoms with E-state index >= 15 is 0 Å². The summed E-state index contributed by atoms with van der Waals surface area (Å²) in [5.41, 5.74) is 9.24. The van der Waals surface area contributed by atoms with E-state index in [1.54, 1.807) is 12.1 Å². The van der Waals surface area contributed by atoms with Gasteiger partial charge in [0.15, 0.2) is 16.0 Å². The highest BCUT2D eigenvalue weighted by molar-refractivity contribution is 7.99. The van der Waals surface area contributed by atoms with Crippen LogP contribution in [0.2, 0.25) is 10.0 Å². The summed E-state index contributed by atoms with van der Waals surface area (Å²) in [6, 6.07) is 7.07. The van der Waals surface area contributed by atoms with E-state index in [9.17, 15) is 4.79 Å². The maximum absolute atomic E-state index is 12.7. The Hall–Kier alpha value is -2.68. The molecule has 5 rings (SSSR count). The van der Waals surface area contributed by atoms with Crippen molar-refractivity contribution >= 4 is 57.6 Å². The Labute approximate surface area is 191 Å². The summed E-state index contributed by atoms with van der Waals surface area (Å²) in [7, 11) is 0. The molecule has 158 valence electrons. The van der Waals surface area contributed by atoms with Gasteiger partial charge in [-0.15, -0.1) is 0 Å². The average molecular weight is 474 g/mol. The molecule has 3 aromatic rings. The number of carbonyl (C=O) groups excluding carboxylic acids is 1. The maximum Gasteiger partial charge on any atom is 0.174 e. The van der Waals surface area contributed by atoms with E-state index in [0.29, 0.717) is 49.1 Å². The standard InChI is InChI=1S/C21H17Cl2N5O2S/c22-10-6-13-14(7-11(10)23)28-21(27-13)31-17-5-4-16(30-17)18-9(8-24)20(25)26-12-2-1-3-15(29)19(12)18/h4-8,18H,1-3,24H2,(H2,25,26)(H,27,28)/b9-8-. The van der Waals surface area contributed by atoms with E-state index in [4.69, 9.17) is 38.8 Å². The highest BCUT2D eigenvalue weighted by Gasteiger charge is 2.38. The van der Waals surface area contributed by atoms with E-state index < -0.39 is 5.92 Å². The summed E-state index contributed by atoms with van der Waals surface area (Å²) in [4.78, 5) is 20.4. The summed E-state index contributed by atoms with van der Waals surface area (Å²) in [6.45, 7) is 0. The van der Waals surface area contributed by atoms with Gasteiger partial charge in [-0.1, -0.05) is 23.2 Å². The number of nitrogens with one attached hydrogen (secondary N) is 3. The van der Waals surface area contributed by atoms with Gasteiger partial charge in [-0.25, -0.2) is 4.98 Å². The number of carbonyl (C=O) groups is 1.